The number of alkyl halides is 3. The largest absolute Gasteiger partial charge is 0.508 e. The summed E-state index contributed by atoms with van der Waals surface area (Å²) < 4.78 is 37.8. The number of halogens is 3. The van der Waals surface area contributed by atoms with Gasteiger partial charge >= 0.3 is 6.18 Å². The molecule has 1 aromatic heterocycles. The SMILES string of the molecule is Oc1cccc(C=CCN=Nc2nc(-c3ccc(C(F)(F)F)cc3)cs2)c1. The van der Waals surface area contributed by atoms with E-state index < -0.39 is 11.7 Å². The monoisotopic (exact) mass is 389 g/mol. The second-order valence-corrected chi connectivity index (χ2v) is 6.35. The van der Waals surface area contributed by atoms with Crippen LogP contribution in [-0.2, 0) is 6.18 Å². The Morgan fingerprint density at radius 1 is 1.11 bits per heavy atom. The predicted octanol–water partition coefficient (Wildman–Crippen LogP) is 6.33. The van der Waals surface area contributed by atoms with Crippen LogP contribution in [0, 0.1) is 0 Å². The maximum Gasteiger partial charge on any atom is 0.416 e. The first kappa shape index (κ1) is 18.8. The van der Waals surface area contributed by atoms with Gasteiger partial charge in [-0.15, -0.1) is 16.5 Å². The normalized spacial score (nSPS) is 12.3. The molecule has 2 aromatic carbocycles. The molecule has 0 radical (unpaired) electrons. The molecule has 0 amide bonds. The van der Waals surface area contributed by atoms with Crippen LogP contribution in [0.5, 0.6) is 5.75 Å². The summed E-state index contributed by atoms with van der Waals surface area (Å²) in [5, 5.41) is 19.5. The van der Waals surface area contributed by atoms with Crippen molar-refractivity contribution in [1.29, 1.82) is 0 Å². The highest BCUT2D eigenvalue weighted by atomic mass is 32.1. The fraction of sp³-hybridized carbons (Fsp3) is 0.105. The smallest absolute Gasteiger partial charge is 0.416 e. The second kappa shape index (κ2) is 8.13. The maximum atomic E-state index is 12.6. The van der Waals surface area contributed by atoms with E-state index in [1.54, 1.807) is 29.7 Å². The van der Waals surface area contributed by atoms with E-state index in [2.05, 4.69) is 15.2 Å². The van der Waals surface area contributed by atoms with Gasteiger partial charge < -0.3 is 5.11 Å². The number of phenols is 1. The maximum absolute atomic E-state index is 12.6. The zero-order valence-electron chi connectivity index (χ0n) is 13.9. The number of hydrogen-bond acceptors (Lipinski definition) is 5. The Labute approximate surface area is 157 Å². The van der Waals surface area contributed by atoms with Gasteiger partial charge in [0.2, 0.25) is 5.13 Å². The van der Waals surface area contributed by atoms with Gasteiger partial charge in [0.15, 0.2) is 0 Å². The lowest BCUT2D eigenvalue weighted by Crippen LogP contribution is -2.03. The van der Waals surface area contributed by atoms with Crippen molar-refractivity contribution in [2.45, 2.75) is 6.18 Å². The standard InChI is InChI=1S/C19H14F3N3OS/c20-19(21,22)15-8-6-14(7-9-15)17-12-27-18(24-17)25-23-10-2-4-13-3-1-5-16(26)11-13/h1-9,11-12,26H,10H2. The molecule has 0 saturated heterocycles. The molecule has 1 N–H and O–H groups in total. The molecule has 8 heteroatoms. The zero-order chi connectivity index (χ0) is 19.3. The van der Waals surface area contributed by atoms with Crippen LogP contribution in [0.25, 0.3) is 17.3 Å². The van der Waals surface area contributed by atoms with E-state index in [-0.39, 0.29) is 5.75 Å². The summed E-state index contributed by atoms with van der Waals surface area (Å²) in [4.78, 5) is 4.26. The van der Waals surface area contributed by atoms with Crippen LogP contribution in [0.2, 0.25) is 0 Å². The molecule has 3 aromatic rings. The number of thiazole rings is 1. The number of aromatic hydroxyl groups is 1. The summed E-state index contributed by atoms with van der Waals surface area (Å²) in [5.74, 6) is 0.192. The van der Waals surface area contributed by atoms with E-state index >= 15 is 0 Å². The lowest BCUT2D eigenvalue weighted by Gasteiger charge is -2.06. The predicted molar refractivity (Wildman–Crippen MR) is 99.1 cm³/mol. The van der Waals surface area contributed by atoms with E-state index in [1.807, 2.05) is 12.1 Å². The minimum absolute atomic E-state index is 0.192. The van der Waals surface area contributed by atoms with E-state index in [1.165, 1.54) is 23.5 Å². The van der Waals surface area contributed by atoms with Gasteiger partial charge in [-0.3, -0.25) is 0 Å². The summed E-state index contributed by atoms with van der Waals surface area (Å²) in [6.07, 6.45) is -0.747. The van der Waals surface area contributed by atoms with Gasteiger partial charge in [-0.1, -0.05) is 36.4 Å². The molecule has 0 bridgehead atoms. The first-order chi connectivity index (χ1) is 12.9. The molecule has 0 aliphatic carbocycles. The Hall–Kier alpha value is -3.00. The molecule has 0 aliphatic heterocycles. The minimum atomic E-state index is -4.36. The molecule has 3 rings (SSSR count). The lowest BCUT2D eigenvalue weighted by molar-refractivity contribution is -0.137. The van der Waals surface area contributed by atoms with Gasteiger partial charge in [0.05, 0.1) is 17.8 Å². The van der Waals surface area contributed by atoms with Crippen LogP contribution >= 0.6 is 11.3 Å². The number of rotatable bonds is 5. The average molecular weight is 389 g/mol. The topological polar surface area (TPSA) is 57.8 Å². The third kappa shape index (κ3) is 5.24. The molecule has 4 nitrogen and oxygen atoms in total. The van der Waals surface area contributed by atoms with Gasteiger partial charge in [-0.2, -0.15) is 18.3 Å². The molecule has 0 unspecified atom stereocenters. The molecule has 1 heterocycles. The highest BCUT2D eigenvalue weighted by Crippen LogP contribution is 2.32. The number of hydrogen-bond donors (Lipinski definition) is 1. The van der Waals surface area contributed by atoms with Crippen LogP contribution in [0.4, 0.5) is 18.3 Å². The molecule has 0 fully saturated rings. The number of aromatic nitrogens is 1. The summed E-state index contributed by atoms with van der Waals surface area (Å²) in [7, 11) is 0. The van der Waals surface area contributed by atoms with Crippen LogP contribution < -0.4 is 0 Å². The van der Waals surface area contributed by atoms with Crippen LogP contribution in [-0.4, -0.2) is 16.6 Å². The van der Waals surface area contributed by atoms with Crippen molar-refractivity contribution >= 4 is 22.5 Å². The first-order valence-corrected chi connectivity index (χ1v) is 8.76. The zero-order valence-corrected chi connectivity index (χ0v) is 14.7. The lowest BCUT2D eigenvalue weighted by atomic mass is 10.1. The first-order valence-electron chi connectivity index (χ1n) is 7.88. The van der Waals surface area contributed by atoms with Crippen molar-refractivity contribution < 1.29 is 18.3 Å². The van der Waals surface area contributed by atoms with Gasteiger partial charge in [-0.25, -0.2) is 4.98 Å². The number of phenolic OH excluding ortho intramolecular Hbond substituents is 1. The molecular weight excluding hydrogens is 375 g/mol. The van der Waals surface area contributed by atoms with Gasteiger partial charge in [0.1, 0.15) is 5.75 Å². The molecule has 0 atom stereocenters. The summed E-state index contributed by atoms with van der Waals surface area (Å²) in [5.41, 5.74) is 1.30. The highest BCUT2D eigenvalue weighted by molar-refractivity contribution is 7.13. The van der Waals surface area contributed by atoms with Crippen LogP contribution in [0.3, 0.4) is 0 Å². The summed E-state index contributed by atoms with van der Waals surface area (Å²) in [6.45, 7) is 0.338. The fourth-order valence-electron chi connectivity index (χ4n) is 2.24. The summed E-state index contributed by atoms with van der Waals surface area (Å²) >= 11 is 1.26. The third-order valence-electron chi connectivity index (χ3n) is 3.52. The summed E-state index contributed by atoms with van der Waals surface area (Å²) in [6, 6.07) is 11.6. The number of nitrogens with zero attached hydrogens (tertiary/aromatic N) is 3. The molecule has 0 aliphatic rings. The van der Waals surface area contributed by atoms with Crippen molar-refractivity contribution in [3.05, 3.63) is 71.1 Å². The quantitative estimate of drug-likeness (QED) is 0.518. The van der Waals surface area contributed by atoms with Gasteiger partial charge in [0, 0.05) is 10.9 Å². The molecule has 0 saturated carbocycles. The fourth-order valence-corrected chi connectivity index (χ4v) is 2.90. The van der Waals surface area contributed by atoms with E-state index in [9.17, 15) is 18.3 Å². The number of azo groups is 1. The van der Waals surface area contributed by atoms with E-state index in [0.717, 1.165) is 17.7 Å². The Morgan fingerprint density at radius 3 is 2.59 bits per heavy atom. The van der Waals surface area contributed by atoms with Gasteiger partial charge in [-0.05, 0) is 29.8 Å². The Bertz CT molecular complexity index is 963. The van der Waals surface area contributed by atoms with Crippen molar-refractivity contribution in [1.82, 2.24) is 4.98 Å². The Balaban J connectivity index is 1.60. The van der Waals surface area contributed by atoms with Crippen molar-refractivity contribution in [3.8, 4) is 17.0 Å². The van der Waals surface area contributed by atoms with Crippen LogP contribution in [0.15, 0.2) is 70.2 Å². The van der Waals surface area contributed by atoms with E-state index in [0.29, 0.717) is 22.9 Å². The molecular formula is C19H14F3N3OS. The van der Waals surface area contributed by atoms with Crippen molar-refractivity contribution in [3.63, 3.8) is 0 Å². The van der Waals surface area contributed by atoms with Crippen LogP contribution in [0.1, 0.15) is 11.1 Å². The number of benzene rings is 2. The molecule has 138 valence electrons. The molecule has 0 spiro atoms. The van der Waals surface area contributed by atoms with Crippen molar-refractivity contribution in [2.75, 3.05) is 6.54 Å². The Kier molecular flexibility index (Phi) is 5.66. The molecule has 27 heavy (non-hydrogen) atoms. The third-order valence-corrected chi connectivity index (χ3v) is 4.25. The van der Waals surface area contributed by atoms with Gasteiger partial charge in [0.25, 0.3) is 0 Å². The highest BCUT2D eigenvalue weighted by Gasteiger charge is 2.30. The van der Waals surface area contributed by atoms with E-state index in [4.69, 9.17) is 0 Å². The van der Waals surface area contributed by atoms with Crippen molar-refractivity contribution in [2.24, 2.45) is 10.2 Å². The average Bonchev–Trinajstić information content (AvgIpc) is 3.10. The second-order valence-electron chi connectivity index (χ2n) is 5.51. The Morgan fingerprint density at radius 2 is 1.89 bits per heavy atom. The minimum Gasteiger partial charge on any atom is -0.508 e.